The summed E-state index contributed by atoms with van der Waals surface area (Å²) in [5.41, 5.74) is -1.53. The van der Waals surface area contributed by atoms with Crippen LogP contribution in [0.15, 0.2) is 12.2 Å². The van der Waals surface area contributed by atoms with E-state index in [0.29, 0.717) is 12.8 Å². The van der Waals surface area contributed by atoms with Gasteiger partial charge in [-0.3, -0.25) is 9.59 Å². The van der Waals surface area contributed by atoms with Crippen molar-refractivity contribution in [3.8, 4) is 0 Å². The molecule has 1 aliphatic heterocycles. The van der Waals surface area contributed by atoms with Crippen molar-refractivity contribution >= 4 is 17.9 Å². The van der Waals surface area contributed by atoms with Crippen molar-refractivity contribution in [2.45, 2.75) is 46.1 Å². The van der Waals surface area contributed by atoms with Crippen LogP contribution in [-0.4, -0.2) is 36.7 Å². The maximum Gasteiger partial charge on any atom is 0.351 e. The lowest BCUT2D eigenvalue weighted by Gasteiger charge is -2.34. The van der Waals surface area contributed by atoms with Gasteiger partial charge < -0.3 is 14.2 Å². The highest BCUT2D eigenvalue weighted by molar-refractivity contribution is 5.93. The van der Waals surface area contributed by atoms with Crippen molar-refractivity contribution in [1.82, 2.24) is 0 Å². The highest BCUT2D eigenvalue weighted by Crippen LogP contribution is 2.65. The van der Waals surface area contributed by atoms with E-state index in [0.717, 1.165) is 5.57 Å². The van der Waals surface area contributed by atoms with Crippen molar-refractivity contribution < 1.29 is 28.6 Å². The zero-order valence-corrected chi connectivity index (χ0v) is 14.6. The Morgan fingerprint density at radius 3 is 2.21 bits per heavy atom. The van der Waals surface area contributed by atoms with Crippen molar-refractivity contribution in [2.24, 2.45) is 22.7 Å². The summed E-state index contributed by atoms with van der Waals surface area (Å²) in [5, 5.41) is 0. The van der Waals surface area contributed by atoms with Gasteiger partial charge in [-0.05, 0) is 19.8 Å². The Balaban J connectivity index is 1.62. The smallest absolute Gasteiger partial charge is 0.351 e. The molecular formula is C18H24O6. The number of hydrogen-bond donors (Lipinski definition) is 0. The van der Waals surface area contributed by atoms with Crippen molar-refractivity contribution in [3.63, 3.8) is 0 Å². The molecule has 3 rings (SSSR count). The highest BCUT2D eigenvalue weighted by atomic mass is 16.6. The van der Waals surface area contributed by atoms with Crippen LogP contribution >= 0.6 is 0 Å². The van der Waals surface area contributed by atoms with Gasteiger partial charge in [0.15, 0.2) is 0 Å². The quantitative estimate of drug-likeness (QED) is 0.434. The van der Waals surface area contributed by atoms with Gasteiger partial charge in [-0.1, -0.05) is 26.0 Å². The minimum atomic E-state index is -1.19. The number of esters is 3. The van der Waals surface area contributed by atoms with Gasteiger partial charge in [0.25, 0.3) is 0 Å². The maximum atomic E-state index is 12.7. The number of fused-ring (bicyclic) bond motifs is 2. The van der Waals surface area contributed by atoms with Crippen molar-refractivity contribution in [3.05, 3.63) is 12.2 Å². The van der Waals surface area contributed by atoms with Crippen molar-refractivity contribution in [1.29, 1.82) is 0 Å². The predicted octanol–water partition coefficient (Wildman–Crippen LogP) is 2.02. The molecule has 3 fully saturated rings. The Bertz CT molecular complexity index is 635. The van der Waals surface area contributed by atoms with E-state index >= 15 is 0 Å². The number of carbonyl (C=O) groups excluding carboxylic acids is 3. The zero-order valence-electron chi connectivity index (χ0n) is 14.6. The largest absolute Gasteiger partial charge is 0.465 e. The average molecular weight is 336 g/mol. The Morgan fingerprint density at radius 2 is 1.75 bits per heavy atom. The minimum absolute atomic E-state index is 0.00213. The van der Waals surface area contributed by atoms with Gasteiger partial charge in [-0.25, -0.2) is 4.79 Å². The molecule has 6 heteroatoms. The fourth-order valence-corrected chi connectivity index (χ4v) is 4.08. The fraction of sp³-hybridized carbons (Fsp3) is 0.722. The van der Waals surface area contributed by atoms with Gasteiger partial charge in [0.2, 0.25) is 5.60 Å². The number of hydrogen-bond acceptors (Lipinski definition) is 6. The Kier molecular flexibility index (Phi) is 3.59. The molecule has 2 saturated carbocycles. The molecule has 1 saturated heterocycles. The Hall–Kier alpha value is -1.85. The lowest BCUT2D eigenvalue weighted by molar-refractivity contribution is -0.183. The van der Waals surface area contributed by atoms with Gasteiger partial charge in [0.05, 0.1) is 18.6 Å². The van der Waals surface area contributed by atoms with Crippen LogP contribution in [0.4, 0.5) is 0 Å². The number of carbonyl (C=O) groups is 3. The normalized spacial score (nSPS) is 38.7. The third-order valence-corrected chi connectivity index (χ3v) is 6.60. The van der Waals surface area contributed by atoms with Crippen LogP contribution in [0.25, 0.3) is 0 Å². The molecule has 3 aliphatic rings. The molecule has 24 heavy (non-hydrogen) atoms. The molecule has 2 bridgehead atoms. The van der Waals surface area contributed by atoms with Gasteiger partial charge in [-0.15, -0.1) is 0 Å². The SMILES string of the molecule is C=C1C(COC(C)=O)C1COC(=O)C12CCC(C)(C(=O)O1)C2(C)C. The minimum Gasteiger partial charge on any atom is -0.465 e. The standard InChI is InChI=1S/C18H24O6/c1-10-12(8-22-11(2)19)13(10)9-23-15(21)18-7-6-17(5,14(20)24-18)16(18,3)4/h12-13H,1,6-9H2,2-5H3. The van der Waals surface area contributed by atoms with Gasteiger partial charge in [-0.2, -0.15) is 0 Å². The van der Waals surface area contributed by atoms with E-state index in [1.165, 1.54) is 6.92 Å². The van der Waals surface area contributed by atoms with Crippen LogP contribution in [0.3, 0.4) is 0 Å². The van der Waals surface area contributed by atoms with Crippen LogP contribution in [0, 0.1) is 22.7 Å². The summed E-state index contributed by atoms with van der Waals surface area (Å²) < 4.78 is 16.0. The molecule has 0 N–H and O–H groups in total. The topological polar surface area (TPSA) is 78.9 Å². The van der Waals surface area contributed by atoms with Crippen LogP contribution in [0.1, 0.15) is 40.5 Å². The van der Waals surface area contributed by atoms with Gasteiger partial charge >= 0.3 is 17.9 Å². The van der Waals surface area contributed by atoms with E-state index in [2.05, 4.69) is 6.58 Å². The lowest BCUT2D eigenvalue weighted by atomic mass is 9.66. The predicted molar refractivity (Wildman–Crippen MR) is 83.7 cm³/mol. The van der Waals surface area contributed by atoms with E-state index in [4.69, 9.17) is 14.2 Å². The van der Waals surface area contributed by atoms with Crippen LogP contribution in [0.5, 0.6) is 0 Å². The summed E-state index contributed by atoms with van der Waals surface area (Å²) in [5.74, 6) is -1.11. The summed E-state index contributed by atoms with van der Waals surface area (Å²) in [7, 11) is 0. The molecule has 4 atom stereocenters. The summed E-state index contributed by atoms with van der Waals surface area (Å²) in [6.07, 6.45) is 1.11. The molecule has 0 aromatic rings. The number of rotatable bonds is 5. The first-order valence-electron chi connectivity index (χ1n) is 8.29. The third-order valence-electron chi connectivity index (χ3n) is 6.60. The Labute approximate surface area is 141 Å². The van der Waals surface area contributed by atoms with E-state index < -0.39 is 22.4 Å². The summed E-state index contributed by atoms with van der Waals surface area (Å²) in [6.45, 7) is 11.4. The zero-order chi connectivity index (χ0) is 17.9. The van der Waals surface area contributed by atoms with Crippen LogP contribution < -0.4 is 0 Å². The van der Waals surface area contributed by atoms with E-state index in [1.54, 1.807) is 0 Å². The summed E-state index contributed by atoms with van der Waals surface area (Å²) in [4.78, 5) is 35.8. The van der Waals surface area contributed by atoms with Gasteiger partial charge in [0, 0.05) is 24.2 Å². The molecular weight excluding hydrogens is 312 g/mol. The Morgan fingerprint density at radius 1 is 1.17 bits per heavy atom. The second kappa shape index (κ2) is 5.07. The first-order chi connectivity index (χ1) is 11.1. The van der Waals surface area contributed by atoms with Crippen LogP contribution in [0.2, 0.25) is 0 Å². The van der Waals surface area contributed by atoms with E-state index in [9.17, 15) is 14.4 Å². The first-order valence-corrected chi connectivity index (χ1v) is 8.29. The highest BCUT2D eigenvalue weighted by Gasteiger charge is 2.76. The maximum absolute atomic E-state index is 12.7. The van der Waals surface area contributed by atoms with E-state index in [-0.39, 0.29) is 37.0 Å². The lowest BCUT2D eigenvalue weighted by Crippen LogP contribution is -2.49. The molecule has 132 valence electrons. The molecule has 2 aliphatic carbocycles. The van der Waals surface area contributed by atoms with Gasteiger partial charge in [0.1, 0.15) is 0 Å². The molecule has 1 heterocycles. The second-order valence-electron chi connectivity index (χ2n) is 7.86. The fourth-order valence-electron chi connectivity index (χ4n) is 4.08. The molecule has 0 aromatic heterocycles. The molecule has 0 radical (unpaired) electrons. The second-order valence-corrected chi connectivity index (χ2v) is 7.86. The summed E-state index contributed by atoms with van der Waals surface area (Å²) in [6, 6.07) is 0. The van der Waals surface area contributed by atoms with Crippen molar-refractivity contribution in [2.75, 3.05) is 13.2 Å². The molecule has 4 unspecified atom stereocenters. The number of ether oxygens (including phenoxy) is 3. The first kappa shape index (κ1) is 17.0. The third kappa shape index (κ3) is 2.04. The molecule has 0 amide bonds. The summed E-state index contributed by atoms with van der Waals surface area (Å²) >= 11 is 0. The molecule has 0 aromatic carbocycles. The van der Waals surface area contributed by atoms with E-state index in [1.807, 2.05) is 20.8 Å². The molecule has 6 nitrogen and oxygen atoms in total. The average Bonchev–Trinajstić information content (AvgIpc) is 3.02. The van der Waals surface area contributed by atoms with Crippen LogP contribution in [-0.2, 0) is 28.6 Å². The molecule has 0 spiro atoms. The monoisotopic (exact) mass is 336 g/mol.